The molecule has 3 rings (SSSR count). The number of ether oxygens (including phenoxy) is 2. The summed E-state index contributed by atoms with van der Waals surface area (Å²) in [7, 11) is 3.84. The van der Waals surface area contributed by atoms with E-state index in [0.717, 1.165) is 70.6 Å². The Morgan fingerprint density at radius 1 is 1.24 bits per heavy atom. The van der Waals surface area contributed by atoms with Gasteiger partial charge in [-0.25, -0.2) is 0 Å². The molecule has 29 heavy (non-hydrogen) atoms. The molecule has 0 radical (unpaired) electrons. The molecule has 3 heterocycles. The fourth-order valence-electron chi connectivity index (χ4n) is 4.46. The molecule has 2 aliphatic rings. The zero-order valence-corrected chi connectivity index (χ0v) is 18.7. The molecule has 8 nitrogen and oxygen atoms in total. The largest absolute Gasteiger partial charge is 0.381 e. The van der Waals surface area contributed by atoms with Crippen LogP contribution in [0.15, 0.2) is 4.99 Å². The molecule has 2 fully saturated rings. The van der Waals surface area contributed by atoms with Crippen LogP contribution in [0.4, 0.5) is 0 Å². The standard InChI is InChI=1S/C21H38N6O2/c1-15(12-19-16(2)25-26(5)17(19)3)24-21(22-4)23-13-20(18-6-9-29-14-18)27-7-10-28-11-8-27/h15,18,20H,6-14H2,1-5H3,(H2,22,23,24). The fourth-order valence-corrected chi connectivity index (χ4v) is 4.46. The van der Waals surface area contributed by atoms with Crippen molar-refractivity contribution in [1.82, 2.24) is 25.3 Å². The maximum atomic E-state index is 5.68. The van der Waals surface area contributed by atoms with Gasteiger partial charge in [0.05, 0.1) is 25.5 Å². The molecule has 3 atom stereocenters. The zero-order valence-electron chi connectivity index (χ0n) is 18.7. The van der Waals surface area contributed by atoms with E-state index in [9.17, 15) is 0 Å². The number of hydrogen-bond acceptors (Lipinski definition) is 5. The first-order chi connectivity index (χ1) is 14.0. The van der Waals surface area contributed by atoms with E-state index in [1.54, 1.807) is 0 Å². The third-order valence-electron chi connectivity index (χ3n) is 6.28. The van der Waals surface area contributed by atoms with Crippen LogP contribution in [0.3, 0.4) is 0 Å². The third kappa shape index (κ3) is 5.71. The van der Waals surface area contributed by atoms with Crippen LogP contribution in [0.2, 0.25) is 0 Å². The van der Waals surface area contributed by atoms with Crippen molar-refractivity contribution >= 4 is 5.96 Å². The Kier molecular flexibility index (Phi) is 7.91. The van der Waals surface area contributed by atoms with Crippen LogP contribution in [-0.2, 0) is 22.9 Å². The minimum atomic E-state index is 0.263. The molecule has 0 spiro atoms. The normalized spacial score (nSPS) is 23.2. The molecular formula is C21H38N6O2. The summed E-state index contributed by atoms with van der Waals surface area (Å²) in [5, 5.41) is 11.7. The highest BCUT2D eigenvalue weighted by molar-refractivity contribution is 5.80. The predicted molar refractivity (Wildman–Crippen MR) is 115 cm³/mol. The van der Waals surface area contributed by atoms with Gasteiger partial charge in [0.25, 0.3) is 0 Å². The van der Waals surface area contributed by atoms with Gasteiger partial charge < -0.3 is 20.1 Å². The predicted octanol–water partition coefficient (Wildman–Crippen LogP) is 0.870. The zero-order chi connectivity index (χ0) is 20.8. The van der Waals surface area contributed by atoms with Crippen molar-refractivity contribution in [1.29, 1.82) is 0 Å². The lowest BCUT2D eigenvalue weighted by atomic mass is 9.97. The van der Waals surface area contributed by atoms with Gasteiger partial charge in [0.2, 0.25) is 0 Å². The van der Waals surface area contributed by atoms with Gasteiger partial charge >= 0.3 is 0 Å². The first kappa shape index (κ1) is 22.1. The van der Waals surface area contributed by atoms with Crippen LogP contribution in [-0.4, -0.2) is 85.8 Å². The smallest absolute Gasteiger partial charge is 0.191 e. The van der Waals surface area contributed by atoms with Crippen molar-refractivity contribution in [3.8, 4) is 0 Å². The summed E-state index contributed by atoms with van der Waals surface area (Å²) in [5.41, 5.74) is 3.65. The van der Waals surface area contributed by atoms with Crippen LogP contribution in [0.25, 0.3) is 0 Å². The van der Waals surface area contributed by atoms with Crippen molar-refractivity contribution in [2.75, 3.05) is 53.1 Å². The quantitative estimate of drug-likeness (QED) is 0.517. The third-order valence-corrected chi connectivity index (χ3v) is 6.28. The molecule has 0 bridgehead atoms. The number of aromatic nitrogens is 2. The highest BCUT2D eigenvalue weighted by Gasteiger charge is 2.31. The second-order valence-electron chi connectivity index (χ2n) is 8.31. The summed E-state index contributed by atoms with van der Waals surface area (Å²) in [6.07, 6.45) is 2.06. The van der Waals surface area contributed by atoms with E-state index in [4.69, 9.17) is 9.47 Å². The topological polar surface area (TPSA) is 75.9 Å². The fraction of sp³-hybridized carbons (Fsp3) is 0.810. The van der Waals surface area contributed by atoms with E-state index in [1.165, 1.54) is 11.3 Å². The number of hydrogen-bond donors (Lipinski definition) is 2. The average Bonchev–Trinajstić information content (AvgIpc) is 3.33. The monoisotopic (exact) mass is 406 g/mol. The van der Waals surface area contributed by atoms with Crippen molar-refractivity contribution in [3.05, 3.63) is 17.0 Å². The van der Waals surface area contributed by atoms with E-state index >= 15 is 0 Å². The number of aryl methyl sites for hydroxylation is 2. The maximum absolute atomic E-state index is 5.68. The minimum Gasteiger partial charge on any atom is -0.381 e. The Bertz CT molecular complexity index is 677. The number of aliphatic imine (C=N–C) groups is 1. The lowest BCUT2D eigenvalue weighted by molar-refractivity contribution is 0.00246. The molecule has 2 aliphatic heterocycles. The molecule has 1 aromatic heterocycles. The van der Waals surface area contributed by atoms with E-state index in [1.807, 2.05) is 18.8 Å². The van der Waals surface area contributed by atoms with Gasteiger partial charge in [-0.15, -0.1) is 0 Å². The van der Waals surface area contributed by atoms with E-state index in [2.05, 4.69) is 46.4 Å². The van der Waals surface area contributed by atoms with Crippen molar-refractivity contribution in [2.45, 2.75) is 45.7 Å². The van der Waals surface area contributed by atoms with Gasteiger partial charge in [0.1, 0.15) is 0 Å². The van der Waals surface area contributed by atoms with E-state index in [0.29, 0.717) is 12.0 Å². The Morgan fingerprint density at radius 2 is 2.00 bits per heavy atom. The van der Waals surface area contributed by atoms with Crippen molar-refractivity contribution in [3.63, 3.8) is 0 Å². The van der Waals surface area contributed by atoms with Crippen LogP contribution in [0.5, 0.6) is 0 Å². The van der Waals surface area contributed by atoms with Crippen LogP contribution < -0.4 is 10.6 Å². The van der Waals surface area contributed by atoms with Crippen LogP contribution >= 0.6 is 0 Å². The molecule has 0 aromatic carbocycles. The minimum absolute atomic E-state index is 0.263. The second kappa shape index (κ2) is 10.4. The summed E-state index contributed by atoms with van der Waals surface area (Å²) in [6.45, 7) is 12.6. The number of morpholine rings is 1. The van der Waals surface area contributed by atoms with Gasteiger partial charge in [0.15, 0.2) is 5.96 Å². The average molecular weight is 407 g/mol. The lowest BCUT2D eigenvalue weighted by Crippen LogP contribution is -2.54. The van der Waals surface area contributed by atoms with Gasteiger partial charge in [-0.3, -0.25) is 14.6 Å². The number of nitrogens with one attached hydrogen (secondary N) is 2. The van der Waals surface area contributed by atoms with Gasteiger partial charge in [0, 0.05) is 64.0 Å². The number of nitrogens with zero attached hydrogens (tertiary/aromatic N) is 4. The first-order valence-corrected chi connectivity index (χ1v) is 10.9. The van der Waals surface area contributed by atoms with E-state index < -0.39 is 0 Å². The summed E-state index contributed by atoms with van der Waals surface area (Å²) < 4.78 is 13.2. The number of guanidine groups is 1. The number of rotatable bonds is 7. The molecule has 0 saturated carbocycles. The first-order valence-electron chi connectivity index (χ1n) is 10.9. The molecule has 2 saturated heterocycles. The summed E-state index contributed by atoms with van der Waals surface area (Å²) in [4.78, 5) is 7.01. The van der Waals surface area contributed by atoms with Crippen LogP contribution in [0.1, 0.15) is 30.3 Å². The SMILES string of the molecule is CN=C(NCC(C1CCOC1)N1CCOCC1)NC(C)Cc1c(C)nn(C)c1C. The lowest BCUT2D eigenvalue weighted by Gasteiger charge is -2.37. The Morgan fingerprint density at radius 3 is 2.59 bits per heavy atom. The van der Waals surface area contributed by atoms with Gasteiger partial charge in [-0.05, 0) is 39.2 Å². The molecule has 1 aromatic rings. The van der Waals surface area contributed by atoms with Gasteiger partial charge in [-0.1, -0.05) is 0 Å². The Labute approximate surface area is 175 Å². The molecule has 164 valence electrons. The van der Waals surface area contributed by atoms with Crippen molar-refractivity contribution in [2.24, 2.45) is 18.0 Å². The highest BCUT2D eigenvalue weighted by Crippen LogP contribution is 2.22. The molecular weight excluding hydrogens is 368 g/mol. The van der Waals surface area contributed by atoms with E-state index in [-0.39, 0.29) is 6.04 Å². The van der Waals surface area contributed by atoms with Crippen LogP contribution in [0, 0.1) is 19.8 Å². The molecule has 0 aliphatic carbocycles. The molecule has 8 heteroatoms. The summed E-state index contributed by atoms with van der Waals surface area (Å²) in [6, 6.07) is 0.706. The highest BCUT2D eigenvalue weighted by atomic mass is 16.5. The van der Waals surface area contributed by atoms with Gasteiger partial charge in [-0.2, -0.15) is 5.10 Å². The maximum Gasteiger partial charge on any atom is 0.191 e. The van der Waals surface area contributed by atoms with Crippen molar-refractivity contribution < 1.29 is 9.47 Å². The molecule has 3 unspecified atom stereocenters. The molecule has 2 N–H and O–H groups in total. The Hall–Kier alpha value is -1.64. The summed E-state index contributed by atoms with van der Waals surface area (Å²) in [5.74, 6) is 1.42. The second-order valence-corrected chi connectivity index (χ2v) is 8.31. The Balaban J connectivity index is 1.56. The molecule has 0 amide bonds. The summed E-state index contributed by atoms with van der Waals surface area (Å²) >= 11 is 0.